The van der Waals surface area contributed by atoms with Crippen molar-refractivity contribution in [3.8, 4) is 11.5 Å². The highest BCUT2D eigenvalue weighted by molar-refractivity contribution is 7.22. The van der Waals surface area contributed by atoms with Gasteiger partial charge in [-0.05, 0) is 18.2 Å². The molecule has 0 bridgehead atoms. The molecule has 0 atom stereocenters. The number of aromatic nitrogens is 2. The smallest absolute Gasteiger partial charge is 0.188 e. The van der Waals surface area contributed by atoms with Gasteiger partial charge >= 0.3 is 0 Å². The number of thiazole rings is 1. The van der Waals surface area contributed by atoms with E-state index in [0.29, 0.717) is 18.0 Å². The van der Waals surface area contributed by atoms with Crippen LogP contribution in [0.3, 0.4) is 0 Å². The SMILES string of the molecule is COc1cc(OC)c2c(CN)ncc(Nc3nc4ccccc4s3)c2c1. The highest BCUT2D eigenvalue weighted by Crippen LogP contribution is 2.38. The number of benzene rings is 2. The van der Waals surface area contributed by atoms with Crippen LogP contribution in [0.25, 0.3) is 21.0 Å². The van der Waals surface area contributed by atoms with Crippen LogP contribution in [0.4, 0.5) is 10.8 Å². The van der Waals surface area contributed by atoms with Crippen LogP contribution in [0.5, 0.6) is 11.5 Å². The lowest BCUT2D eigenvalue weighted by Crippen LogP contribution is -2.04. The molecule has 0 spiro atoms. The molecule has 0 saturated heterocycles. The summed E-state index contributed by atoms with van der Waals surface area (Å²) < 4.78 is 12.1. The number of hydrogen-bond donors (Lipinski definition) is 2. The minimum atomic E-state index is 0.320. The molecule has 0 radical (unpaired) electrons. The molecule has 4 aromatic rings. The molecule has 132 valence electrons. The summed E-state index contributed by atoms with van der Waals surface area (Å²) in [6.07, 6.45) is 1.77. The molecule has 6 nitrogen and oxygen atoms in total. The summed E-state index contributed by atoms with van der Waals surface area (Å²) in [6.45, 7) is 0.320. The van der Waals surface area contributed by atoms with Crippen molar-refractivity contribution in [3.63, 3.8) is 0 Å². The lowest BCUT2D eigenvalue weighted by molar-refractivity contribution is 0.397. The van der Waals surface area contributed by atoms with E-state index in [0.717, 1.165) is 37.5 Å². The average Bonchev–Trinajstić information content (AvgIpc) is 3.09. The molecule has 0 saturated carbocycles. The second kappa shape index (κ2) is 6.78. The van der Waals surface area contributed by atoms with Crippen molar-refractivity contribution in [3.05, 3.63) is 48.3 Å². The van der Waals surface area contributed by atoms with Gasteiger partial charge in [0.15, 0.2) is 5.13 Å². The van der Waals surface area contributed by atoms with E-state index in [1.54, 1.807) is 31.8 Å². The predicted octanol–water partition coefficient (Wildman–Crippen LogP) is 4.06. The van der Waals surface area contributed by atoms with Gasteiger partial charge in [0, 0.05) is 23.4 Å². The number of nitrogens with one attached hydrogen (secondary N) is 1. The molecule has 0 aliphatic heterocycles. The van der Waals surface area contributed by atoms with Gasteiger partial charge in [0.25, 0.3) is 0 Å². The minimum Gasteiger partial charge on any atom is -0.497 e. The van der Waals surface area contributed by atoms with E-state index < -0.39 is 0 Å². The van der Waals surface area contributed by atoms with Gasteiger partial charge in [-0.1, -0.05) is 23.5 Å². The molecule has 0 unspecified atom stereocenters. The first-order valence-electron chi connectivity index (χ1n) is 8.09. The molecule has 3 N–H and O–H groups in total. The maximum atomic E-state index is 5.88. The summed E-state index contributed by atoms with van der Waals surface area (Å²) in [5, 5.41) is 5.99. The van der Waals surface area contributed by atoms with Crippen LogP contribution in [0.1, 0.15) is 5.69 Å². The van der Waals surface area contributed by atoms with Crippen molar-refractivity contribution in [1.82, 2.24) is 9.97 Å². The maximum Gasteiger partial charge on any atom is 0.188 e. The fraction of sp³-hybridized carbons (Fsp3) is 0.158. The Bertz CT molecular complexity index is 1060. The predicted molar refractivity (Wildman–Crippen MR) is 106 cm³/mol. The zero-order chi connectivity index (χ0) is 18.1. The fourth-order valence-electron chi connectivity index (χ4n) is 2.95. The number of anilines is 2. The highest BCUT2D eigenvalue weighted by Gasteiger charge is 2.15. The molecule has 2 heterocycles. The first-order chi connectivity index (χ1) is 12.7. The quantitative estimate of drug-likeness (QED) is 0.554. The van der Waals surface area contributed by atoms with Crippen LogP contribution in [-0.4, -0.2) is 24.2 Å². The lowest BCUT2D eigenvalue weighted by Gasteiger charge is -2.14. The second-order valence-electron chi connectivity index (χ2n) is 5.69. The molecule has 0 fully saturated rings. The number of fused-ring (bicyclic) bond motifs is 2. The molecule has 0 aliphatic carbocycles. The van der Waals surface area contributed by atoms with Gasteiger partial charge in [-0.2, -0.15) is 0 Å². The number of pyridine rings is 1. The Morgan fingerprint density at radius 3 is 2.73 bits per heavy atom. The summed E-state index contributed by atoms with van der Waals surface area (Å²) >= 11 is 1.59. The number of hydrogen-bond acceptors (Lipinski definition) is 7. The number of rotatable bonds is 5. The Kier molecular flexibility index (Phi) is 4.32. The van der Waals surface area contributed by atoms with Crippen LogP contribution in [0, 0.1) is 0 Å². The van der Waals surface area contributed by atoms with E-state index in [1.807, 2.05) is 30.3 Å². The summed E-state index contributed by atoms with van der Waals surface area (Å²) in [5.74, 6) is 1.39. The third-order valence-corrected chi connectivity index (χ3v) is 5.14. The zero-order valence-electron chi connectivity index (χ0n) is 14.4. The lowest BCUT2D eigenvalue weighted by atomic mass is 10.1. The van der Waals surface area contributed by atoms with Crippen LogP contribution in [0.2, 0.25) is 0 Å². The second-order valence-corrected chi connectivity index (χ2v) is 6.72. The Morgan fingerprint density at radius 1 is 1.15 bits per heavy atom. The molecule has 26 heavy (non-hydrogen) atoms. The molecular weight excluding hydrogens is 348 g/mol. The van der Waals surface area contributed by atoms with Crippen LogP contribution >= 0.6 is 11.3 Å². The summed E-state index contributed by atoms with van der Waals surface area (Å²) in [6, 6.07) is 11.8. The molecule has 0 aliphatic rings. The van der Waals surface area contributed by atoms with E-state index in [9.17, 15) is 0 Å². The van der Waals surface area contributed by atoms with Crippen molar-refractivity contribution in [2.75, 3.05) is 19.5 Å². The van der Waals surface area contributed by atoms with Crippen molar-refractivity contribution in [2.45, 2.75) is 6.54 Å². The van der Waals surface area contributed by atoms with Gasteiger partial charge < -0.3 is 20.5 Å². The Balaban J connectivity index is 1.88. The highest BCUT2D eigenvalue weighted by atomic mass is 32.1. The molecule has 7 heteroatoms. The van der Waals surface area contributed by atoms with Crippen LogP contribution in [-0.2, 0) is 6.54 Å². The molecular formula is C19H18N4O2S. The van der Waals surface area contributed by atoms with Gasteiger partial charge in [0.1, 0.15) is 11.5 Å². The van der Waals surface area contributed by atoms with Crippen molar-refractivity contribution < 1.29 is 9.47 Å². The number of para-hydroxylation sites is 1. The van der Waals surface area contributed by atoms with E-state index in [4.69, 9.17) is 15.2 Å². The monoisotopic (exact) mass is 366 g/mol. The van der Waals surface area contributed by atoms with E-state index in [2.05, 4.69) is 21.4 Å². The van der Waals surface area contributed by atoms with E-state index >= 15 is 0 Å². The van der Waals surface area contributed by atoms with Gasteiger partial charge in [0.05, 0.1) is 42.0 Å². The Labute approximate surface area is 154 Å². The molecule has 2 aromatic carbocycles. The number of nitrogens with two attached hydrogens (primary N) is 1. The summed E-state index contributed by atoms with van der Waals surface area (Å²) in [4.78, 5) is 9.14. The number of nitrogens with zero attached hydrogens (tertiary/aromatic N) is 2. The fourth-order valence-corrected chi connectivity index (χ4v) is 3.83. The van der Waals surface area contributed by atoms with Gasteiger partial charge in [-0.25, -0.2) is 4.98 Å². The third kappa shape index (κ3) is 2.81. The van der Waals surface area contributed by atoms with Crippen LogP contribution < -0.4 is 20.5 Å². The van der Waals surface area contributed by atoms with E-state index in [-0.39, 0.29) is 0 Å². The number of methoxy groups -OCH3 is 2. The van der Waals surface area contributed by atoms with Crippen LogP contribution in [0.15, 0.2) is 42.6 Å². The molecule has 4 rings (SSSR count). The molecule has 2 aromatic heterocycles. The topological polar surface area (TPSA) is 82.3 Å². The van der Waals surface area contributed by atoms with Crippen molar-refractivity contribution >= 4 is 43.1 Å². The first kappa shape index (κ1) is 16.6. The van der Waals surface area contributed by atoms with Gasteiger partial charge in [-0.15, -0.1) is 0 Å². The van der Waals surface area contributed by atoms with Gasteiger partial charge in [0.2, 0.25) is 0 Å². The van der Waals surface area contributed by atoms with Gasteiger partial charge in [-0.3, -0.25) is 4.98 Å². The van der Waals surface area contributed by atoms with E-state index in [1.165, 1.54) is 0 Å². The summed E-state index contributed by atoms with van der Waals surface area (Å²) in [5.41, 5.74) is 8.45. The summed E-state index contributed by atoms with van der Waals surface area (Å²) in [7, 11) is 3.26. The average molecular weight is 366 g/mol. The van der Waals surface area contributed by atoms with Crippen molar-refractivity contribution in [2.24, 2.45) is 5.73 Å². The third-order valence-electron chi connectivity index (χ3n) is 4.19. The Hall–Kier alpha value is -2.90. The first-order valence-corrected chi connectivity index (χ1v) is 8.91. The zero-order valence-corrected chi connectivity index (χ0v) is 15.3. The normalized spacial score (nSPS) is 11.0. The standard InChI is InChI=1S/C19H18N4O2S/c1-24-11-7-12-15(10-21-14(9-20)18(12)16(8-11)25-2)23-19-22-13-5-3-4-6-17(13)26-19/h3-8,10H,9,20H2,1-2H3,(H,22,23). The van der Waals surface area contributed by atoms with Crippen molar-refractivity contribution in [1.29, 1.82) is 0 Å². The molecule has 0 amide bonds. The maximum absolute atomic E-state index is 5.88. The minimum absolute atomic E-state index is 0.320. The largest absolute Gasteiger partial charge is 0.497 e. The number of ether oxygens (including phenoxy) is 2. The Morgan fingerprint density at radius 2 is 2.00 bits per heavy atom.